The van der Waals surface area contributed by atoms with E-state index < -0.39 is 4.92 Å². The number of benzene rings is 1. The van der Waals surface area contributed by atoms with Crippen LogP contribution < -0.4 is 4.74 Å². The summed E-state index contributed by atoms with van der Waals surface area (Å²) in [6.07, 6.45) is 2.49. The molecule has 0 radical (unpaired) electrons. The highest BCUT2D eigenvalue weighted by atomic mass is 16.6. The molecule has 0 aliphatic heterocycles. The van der Waals surface area contributed by atoms with Gasteiger partial charge in [0.2, 0.25) is 6.20 Å². The quantitative estimate of drug-likeness (QED) is 0.563. The summed E-state index contributed by atoms with van der Waals surface area (Å²) in [4.78, 5) is 9.59. The van der Waals surface area contributed by atoms with E-state index in [0.717, 1.165) is 17.5 Å². The fourth-order valence-corrected chi connectivity index (χ4v) is 1.08. The number of hydrogen-bond donors (Lipinski definition) is 0. The van der Waals surface area contributed by atoms with Crippen molar-refractivity contribution in [2.75, 3.05) is 0 Å². The zero-order valence-electron chi connectivity index (χ0n) is 8.71. The lowest BCUT2D eigenvalue weighted by Gasteiger charge is -2.08. The third-order valence-corrected chi connectivity index (χ3v) is 1.64. The summed E-state index contributed by atoms with van der Waals surface area (Å²) in [5, 5.41) is 10.1. The summed E-state index contributed by atoms with van der Waals surface area (Å²) in [5.74, 6) is 0.767. The Kier molecular flexibility index (Phi) is 3.85. The number of nitro groups is 1. The fourth-order valence-electron chi connectivity index (χ4n) is 1.08. The molecule has 0 aromatic heterocycles. The van der Waals surface area contributed by atoms with Crippen LogP contribution in [-0.4, -0.2) is 11.0 Å². The maximum Gasteiger partial charge on any atom is 0.235 e. The molecule has 15 heavy (non-hydrogen) atoms. The molecule has 0 aliphatic rings. The van der Waals surface area contributed by atoms with Gasteiger partial charge in [0.05, 0.1) is 11.0 Å². The molecule has 0 atom stereocenters. The molecule has 0 heterocycles. The Balaban J connectivity index is 2.68. The molecule has 4 nitrogen and oxygen atoms in total. The van der Waals surface area contributed by atoms with Crippen LogP contribution in [0.2, 0.25) is 0 Å². The lowest BCUT2D eigenvalue weighted by Crippen LogP contribution is -2.05. The second-order valence-electron chi connectivity index (χ2n) is 3.34. The Hall–Kier alpha value is -1.84. The largest absolute Gasteiger partial charge is 0.491 e. The van der Waals surface area contributed by atoms with E-state index in [2.05, 4.69) is 0 Å². The van der Waals surface area contributed by atoms with Crippen molar-refractivity contribution >= 4 is 6.08 Å². The highest BCUT2D eigenvalue weighted by Gasteiger charge is 1.96. The summed E-state index contributed by atoms with van der Waals surface area (Å²) in [6, 6.07) is 7.13. The summed E-state index contributed by atoms with van der Waals surface area (Å²) in [6.45, 7) is 3.89. The smallest absolute Gasteiger partial charge is 0.235 e. The molecule has 0 spiro atoms. The first-order valence-corrected chi connectivity index (χ1v) is 4.66. The van der Waals surface area contributed by atoms with E-state index in [-0.39, 0.29) is 6.10 Å². The van der Waals surface area contributed by atoms with Crippen molar-refractivity contribution in [3.63, 3.8) is 0 Å². The van der Waals surface area contributed by atoms with Crippen LogP contribution in [0.5, 0.6) is 5.75 Å². The van der Waals surface area contributed by atoms with Crippen LogP contribution in [-0.2, 0) is 0 Å². The number of hydrogen-bond acceptors (Lipinski definition) is 3. The molecule has 0 bridgehead atoms. The molecule has 1 aromatic rings. The zero-order valence-corrected chi connectivity index (χ0v) is 8.71. The van der Waals surface area contributed by atoms with E-state index in [9.17, 15) is 10.1 Å². The van der Waals surface area contributed by atoms with Crippen LogP contribution in [0, 0.1) is 10.1 Å². The Morgan fingerprint density at radius 1 is 1.33 bits per heavy atom. The number of ether oxygens (including phenoxy) is 1. The molecule has 4 heteroatoms. The Bertz CT molecular complexity index is 355. The van der Waals surface area contributed by atoms with Gasteiger partial charge in [-0.2, -0.15) is 0 Å². The molecule has 1 rings (SSSR count). The number of rotatable bonds is 4. The number of nitrogens with zero attached hydrogens (tertiary/aromatic N) is 1. The summed E-state index contributed by atoms with van der Waals surface area (Å²) < 4.78 is 5.44. The van der Waals surface area contributed by atoms with E-state index in [1.54, 1.807) is 24.3 Å². The van der Waals surface area contributed by atoms with E-state index in [0.29, 0.717) is 0 Å². The van der Waals surface area contributed by atoms with E-state index in [4.69, 9.17) is 4.74 Å². The average Bonchev–Trinajstić information content (AvgIpc) is 2.16. The standard InChI is InChI=1S/C11H13NO3/c1-9(2)15-11-5-3-10(4-6-11)7-8-12(13)14/h3-9H,1-2H3/b8-7+. The first kappa shape index (κ1) is 11.2. The fraction of sp³-hybridized carbons (Fsp3) is 0.273. The molecule has 0 aliphatic carbocycles. The topological polar surface area (TPSA) is 52.4 Å². The Morgan fingerprint density at radius 2 is 1.93 bits per heavy atom. The summed E-state index contributed by atoms with van der Waals surface area (Å²) in [7, 11) is 0. The lowest BCUT2D eigenvalue weighted by atomic mass is 10.2. The molecular weight excluding hydrogens is 194 g/mol. The van der Waals surface area contributed by atoms with Crippen LogP contribution in [0.4, 0.5) is 0 Å². The average molecular weight is 207 g/mol. The second kappa shape index (κ2) is 5.14. The van der Waals surface area contributed by atoms with Crippen molar-refractivity contribution in [2.24, 2.45) is 0 Å². The van der Waals surface area contributed by atoms with E-state index >= 15 is 0 Å². The van der Waals surface area contributed by atoms with Crippen LogP contribution in [0.1, 0.15) is 19.4 Å². The van der Waals surface area contributed by atoms with E-state index in [1.165, 1.54) is 6.08 Å². The van der Waals surface area contributed by atoms with E-state index in [1.807, 2.05) is 13.8 Å². The van der Waals surface area contributed by atoms with Crippen molar-refractivity contribution in [1.29, 1.82) is 0 Å². The molecular formula is C11H13NO3. The van der Waals surface area contributed by atoms with Crippen molar-refractivity contribution in [2.45, 2.75) is 20.0 Å². The third-order valence-electron chi connectivity index (χ3n) is 1.64. The maximum absolute atomic E-state index is 10.1. The van der Waals surface area contributed by atoms with Gasteiger partial charge >= 0.3 is 0 Å². The van der Waals surface area contributed by atoms with Gasteiger partial charge in [-0.3, -0.25) is 10.1 Å². The van der Waals surface area contributed by atoms with Gasteiger partial charge in [0.25, 0.3) is 0 Å². The summed E-state index contributed by atoms with van der Waals surface area (Å²) in [5.41, 5.74) is 0.780. The molecule has 0 unspecified atom stereocenters. The molecule has 80 valence electrons. The molecule has 0 saturated heterocycles. The van der Waals surface area contributed by atoms with Gasteiger partial charge in [-0.15, -0.1) is 0 Å². The minimum Gasteiger partial charge on any atom is -0.491 e. The Labute approximate surface area is 88.3 Å². The van der Waals surface area contributed by atoms with Gasteiger partial charge in [-0.25, -0.2) is 0 Å². The predicted octanol–water partition coefficient (Wildman–Crippen LogP) is 2.72. The third kappa shape index (κ3) is 4.26. The lowest BCUT2D eigenvalue weighted by molar-refractivity contribution is -0.400. The zero-order chi connectivity index (χ0) is 11.3. The van der Waals surface area contributed by atoms with Gasteiger partial charge in [-0.1, -0.05) is 12.1 Å². The normalized spacial score (nSPS) is 10.9. The van der Waals surface area contributed by atoms with Gasteiger partial charge in [0.15, 0.2) is 0 Å². The van der Waals surface area contributed by atoms with Gasteiger partial charge in [0, 0.05) is 6.08 Å². The predicted molar refractivity (Wildman–Crippen MR) is 58.2 cm³/mol. The van der Waals surface area contributed by atoms with Crippen molar-refractivity contribution in [3.8, 4) is 5.75 Å². The molecule has 0 saturated carbocycles. The van der Waals surface area contributed by atoms with Crippen molar-refractivity contribution in [3.05, 3.63) is 46.1 Å². The summed E-state index contributed by atoms with van der Waals surface area (Å²) >= 11 is 0. The highest BCUT2D eigenvalue weighted by molar-refractivity contribution is 5.49. The van der Waals surface area contributed by atoms with Crippen LogP contribution in [0.3, 0.4) is 0 Å². The van der Waals surface area contributed by atoms with Crippen LogP contribution in [0.15, 0.2) is 30.5 Å². The van der Waals surface area contributed by atoms with Crippen LogP contribution >= 0.6 is 0 Å². The first-order valence-electron chi connectivity index (χ1n) is 4.66. The molecule has 0 fully saturated rings. The molecule has 0 N–H and O–H groups in total. The molecule has 1 aromatic carbocycles. The van der Waals surface area contributed by atoms with Gasteiger partial charge < -0.3 is 4.74 Å². The molecule has 0 amide bonds. The van der Waals surface area contributed by atoms with Crippen LogP contribution in [0.25, 0.3) is 6.08 Å². The van der Waals surface area contributed by atoms with Crippen molar-refractivity contribution < 1.29 is 9.66 Å². The second-order valence-corrected chi connectivity index (χ2v) is 3.34. The van der Waals surface area contributed by atoms with Gasteiger partial charge in [0.1, 0.15) is 5.75 Å². The maximum atomic E-state index is 10.1. The van der Waals surface area contributed by atoms with Crippen molar-refractivity contribution in [1.82, 2.24) is 0 Å². The van der Waals surface area contributed by atoms with Gasteiger partial charge in [-0.05, 0) is 31.5 Å². The monoisotopic (exact) mass is 207 g/mol. The SMILES string of the molecule is CC(C)Oc1ccc(/C=C/[N+](=O)[O-])cc1. The minimum atomic E-state index is -0.488. The highest BCUT2D eigenvalue weighted by Crippen LogP contribution is 2.14. The minimum absolute atomic E-state index is 0.130. The Morgan fingerprint density at radius 3 is 2.40 bits per heavy atom. The first-order chi connectivity index (χ1) is 7.08.